The van der Waals surface area contributed by atoms with Crippen LogP contribution in [0.4, 0.5) is 0 Å². The molecule has 0 radical (unpaired) electrons. The number of methoxy groups -OCH3 is 1. The summed E-state index contributed by atoms with van der Waals surface area (Å²) >= 11 is 0. The SMILES string of the molecule is C=CC(=O)N1CCC(C(=O)N(Cc2ccccc2)[C@H](C)C(=O)OC)CC1. The Hall–Kier alpha value is -2.63. The molecule has 1 aliphatic heterocycles. The van der Waals surface area contributed by atoms with E-state index in [0.717, 1.165) is 5.56 Å². The van der Waals surface area contributed by atoms with Crippen LogP contribution in [0.1, 0.15) is 25.3 Å². The fourth-order valence-electron chi connectivity index (χ4n) is 3.19. The summed E-state index contributed by atoms with van der Waals surface area (Å²) in [6, 6.07) is 8.90. The molecule has 2 amide bonds. The molecule has 0 aromatic heterocycles. The molecule has 0 spiro atoms. The van der Waals surface area contributed by atoms with Crippen LogP contribution >= 0.6 is 0 Å². The first-order chi connectivity index (χ1) is 12.5. The number of benzene rings is 1. The molecule has 1 atom stereocenters. The van der Waals surface area contributed by atoms with E-state index in [0.29, 0.717) is 32.5 Å². The summed E-state index contributed by atoms with van der Waals surface area (Å²) in [5, 5.41) is 0. The van der Waals surface area contributed by atoms with Crippen LogP contribution < -0.4 is 0 Å². The number of ether oxygens (including phenoxy) is 1. The maximum Gasteiger partial charge on any atom is 0.328 e. The first kappa shape index (κ1) is 19.7. The third-order valence-electron chi connectivity index (χ3n) is 4.82. The highest BCUT2D eigenvalue weighted by atomic mass is 16.5. The van der Waals surface area contributed by atoms with E-state index < -0.39 is 12.0 Å². The molecule has 0 saturated carbocycles. The molecular formula is C20H26N2O4. The number of esters is 1. The van der Waals surface area contributed by atoms with Crippen LogP contribution in [0, 0.1) is 5.92 Å². The zero-order valence-corrected chi connectivity index (χ0v) is 15.4. The van der Waals surface area contributed by atoms with Crippen molar-refractivity contribution < 1.29 is 19.1 Å². The van der Waals surface area contributed by atoms with Gasteiger partial charge in [-0.25, -0.2) is 4.79 Å². The topological polar surface area (TPSA) is 66.9 Å². The lowest BCUT2D eigenvalue weighted by molar-refractivity contribution is -0.155. The van der Waals surface area contributed by atoms with Gasteiger partial charge in [0.15, 0.2) is 0 Å². The van der Waals surface area contributed by atoms with Crippen LogP contribution in [-0.2, 0) is 25.7 Å². The lowest BCUT2D eigenvalue weighted by atomic mass is 9.94. The second kappa shape index (κ2) is 9.17. The third-order valence-corrected chi connectivity index (χ3v) is 4.82. The number of hydrogen-bond donors (Lipinski definition) is 0. The fourth-order valence-corrected chi connectivity index (χ4v) is 3.19. The van der Waals surface area contributed by atoms with Gasteiger partial charge in [0, 0.05) is 25.6 Å². The highest BCUT2D eigenvalue weighted by molar-refractivity contribution is 5.88. The van der Waals surface area contributed by atoms with Crippen LogP contribution in [-0.4, -0.2) is 53.8 Å². The summed E-state index contributed by atoms with van der Waals surface area (Å²) in [4.78, 5) is 40.1. The Labute approximate surface area is 154 Å². The van der Waals surface area contributed by atoms with Crippen LogP contribution in [0.3, 0.4) is 0 Å². The minimum Gasteiger partial charge on any atom is -0.467 e. The Morgan fingerprint density at radius 3 is 2.42 bits per heavy atom. The summed E-state index contributed by atoms with van der Waals surface area (Å²) < 4.78 is 4.83. The Bertz CT molecular complexity index is 651. The van der Waals surface area contributed by atoms with Gasteiger partial charge in [0.25, 0.3) is 0 Å². The summed E-state index contributed by atoms with van der Waals surface area (Å²) in [5.74, 6) is -0.828. The largest absolute Gasteiger partial charge is 0.467 e. The molecule has 140 valence electrons. The van der Waals surface area contributed by atoms with E-state index in [4.69, 9.17) is 4.74 Å². The molecule has 0 unspecified atom stereocenters. The first-order valence-electron chi connectivity index (χ1n) is 8.81. The molecule has 1 aliphatic rings. The summed E-state index contributed by atoms with van der Waals surface area (Å²) in [6.07, 6.45) is 2.46. The van der Waals surface area contributed by atoms with Crippen molar-refractivity contribution in [3.8, 4) is 0 Å². The molecular weight excluding hydrogens is 332 g/mol. The Kier molecular flexibility index (Phi) is 6.95. The summed E-state index contributed by atoms with van der Waals surface area (Å²) in [7, 11) is 1.32. The number of carbonyl (C=O) groups is 3. The molecule has 0 N–H and O–H groups in total. The number of rotatable bonds is 6. The Morgan fingerprint density at radius 1 is 1.27 bits per heavy atom. The van der Waals surface area contributed by atoms with E-state index in [9.17, 15) is 14.4 Å². The van der Waals surface area contributed by atoms with E-state index in [-0.39, 0.29) is 17.7 Å². The monoisotopic (exact) mass is 358 g/mol. The number of carbonyl (C=O) groups excluding carboxylic acids is 3. The molecule has 6 nitrogen and oxygen atoms in total. The average molecular weight is 358 g/mol. The van der Waals surface area contributed by atoms with E-state index in [2.05, 4.69) is 6.58 Å². The smallest absolute Gasteiger partial charge is 0.328 e. The van der Waals surface area contributed by atoms with Gasteiger partial charge < -0.3 is 14.5 Å². The minimum atomic E-state index is -0.666. The molecule has 26 heavy (non-hydrogen) atoms. The highest BCUT2D eigenvalue weighted by Crippen LogP contribution is 2.23. The van der Waals surface area contributed by atoms with Crippen molar-refractivity contribution in [2.24, 2.45) is 5.92 Å². The molecule has 1 aromatic carbocycles. The average Bonchev–Trinajstić information content (AvgIpc) is 2.70. The van der Waals surface area contributed by atoms with Crippen molar-refractivity contribution in [3.63, 3.8) is 0 Å². The van der Waals surface area contributed by atoms with E-state index in [1.165, 1.54) is 13.2 Å². The summed E-state index contributed by atoms with van der Waals surface area (Å²) in [6.45, 7) is 6.57. The van der Waals surface area contributed by atoms with Gasteiger partial charge in [-0.2, -0.15) is 0 Å². The number of amides is 2. The van der Waals surface area contributed by atoms with Crippen LogP contribution in [0.5, 0.6) is 0 Å². The van der Waals surface area contributed by atoms with Gasteiger partial charge >= 0.3 is 5.97 Å². The standard InChI is InChI=1S/C20H26N2O4/c1-4-18(23)21-12-10-17(11-13-21)19(24)22(15(2)20(25)26-3)14-16-8-6-5-7-9-16/h4-9,15,17H,1,10-14H2,2-3H3/t15-/m1/s1. The minimum absolute atomic E-state index is 0.0718. The van der Waals surface area contributed by atoms with Crippen molar-refractivity contribution in [1.29, 1.82) is 0 Å². The van der Waals surface area contributed by atoms with Crippen molar-refractivity contribution in [3.05, 3.63) is 48.6 Å². The molecule has 1 heterocycles. The first-order valence-corrected chi connectivity index (χ1v) is 8.81. The van der Waals surface area contributed by atoms with Crippen molar-refractivity contribution in [1.82, 2.24) is 9.80 Å². The molecule has 1 saturated heterocycles. The molecule has 0 bridgehead atoms. The normalized spacial score (nSPS) is 15.8. The van der Waals surface area contributed by atoms with Crippen molar-refractivity contribution in [2.45, 2.75) is 32.4 Å². The number of likely N-dealkylation sites (tertiary alicyclic amines) is 1. The van der Waals surface area contributed by atoms with E-state index in [1.807, 2.05) is 30.3 Å². The van der Waals surface area contributed by atoms with Gasteiger partial charge in [0.05, 0.1) is 7.11 Å². The lowest BCUT2D eigenvalue weighted by Crippen LogP contribution is -2.48. The molecule has 0 aliphatic carbocycles. The Morgan fingerprint density at radius 2 is 1.88 bits per heavy atom. The summed E-state index contributed by atoms with van der Waals surface area (Å²) in [5.41, 5.74) is 0.955. The second-order valence-electron chi connectivity index (χ2n) is 6.45. The predicted molar refractivity (Wildman–Crippen MR) is 98.0 cm³/mol. The number of nitrogens with zero attached hydrogens (tertiary/aromatic N) is 2. The highest BCUT2D eigenvalue weighted by Gasteiger charge is 2.34. The molecule has 1 aromatic rings. The maximum atomic E-state index is 13.1. The van der Waals surface area contributed by atoms with Gasteiger partial charge in [0.1, 0.15) is 6.04 Å². The molecule has 1 fully saturated rings. The Balaban J connectivity index is 2.11. The van der Waals surface area contributed by atoms with E-state index in [1.54, 1.807) is 16.7 Å². The zero-order valence-electron chi connectivity index (χ0n) is 15.4. The zero-order chi connectivity index (χ0) is 19.1. The van der Waals surface area contributed by atoms with Gasteiger partial charge in [-0.15, -0.1) is 0 Å². The van der Waals surface area contributed by atoms with Crippen molar-refractivity contribution in [2.75, 3.05) is 20.2 Å². The number of hydrogen-bond acceptors (Lipinski definition) is 4. The third kappa shape index (κ3) is 4.71. The van der Waals surface area contributed by atoms with Gasteiger partial charge in [0.2, 0.25) is 11.8 Å². The van der Waals surface area contributed by atoms with Gasteiger partial charge in [-0.1, -0.05) is 36.9 Å². The maximum absolute atomic E-state index is 13.1. The quantitative estimate of drug-likeness (QED) is 0.576. The number of piperidine rings is 1. The van der Waals surface area contributed by atoms with Crippen molar-refractivity contribution >= 4 is 17.8 Å². The van der Waals surface area contributed by atoms with Crippen LogP contribution in [0.2, 0.25) is 0 Å². The van der Waals surface area contributed by atoms with Crippen LogP contribution in [0.25, 0.3) is 0 Å². The fraction of sp³-hybridized carbons (Fsp3) is 0.450. The second-order valence-corrected chi connectivity index (χ2v) is 6.45. The van der Waals surface area contributed by atoms with Gasteiger partial charge in [-0.3, -0.25) is 9.59 Å². The van der Waals surface area contributed by atoms with E-state index >= 15 is 0 Å². The van der Waals surface area contributed by atoms with Gasteiger partial charge in [-0.05, 0) is 31.4 Å². The lowest BCUT2D eigenvalue weighted by Gasteiger charge is -2.35. The predicted octanol–water partition coefficient (Wildman–Crippen LogP) is 2.00. The molecule has 6 heteroatoms. The van der Waals surface area contributed by atoms with Crippen LogP contribution in [0.15, 0.2) is 43.0 Å². The molecule has 2 rings (SSSR count).